The minimum absolute atomic E-state index is 0.0719. The van der Waals surface area contributed by atoms with Crippen LogP contribution in [0.4, 0.5) is 0 Å². The Morgan fingerprint density at radius 2 is 1.75 bits per heavy atom. The van der Waals surface area contributed by atoms with Crippen LogP contribution >= 0.6 is 11.3 Å². The van der Waals surface area contributed by atoms with Gasteiger partial charge in [0.05, 0.1) is 7.11 Å². The Labute approximate surface area is 121 Å². The van der Waals surface area contributed by atoms with Gasteiger partial charge in [0.1, 0.15) is 5.75 Å². The molecule has 3 aromatic rings. The molecule has 0 aliphatic carbocycles. The second kappa shape index (κ2) is 5.10. The number of rotatable bonds is 3. The fourth-order valence-electron chi connectivity index (χ4n) is 2.34. The molecule has 100 valence electrons. The number of carbonyl (C=O) groups is 1. The minimum Gasteiger partial charge on any atom is -0.497 e. The summed E-state index contributed by atoms with van der Waals surface area (Å²) in [5, 5.41) is 1.04. The lowest BCUT2D eigenvalue weighted by atomic mass is 10.0. The van der Waals surface area contributed by atoms with Gasteiger partial charge in [0.15, 0.2) is 5.78 Å². The van der Waals surface area contributed by atoms with Crippen LogP contribution in [0.3, 0.4) is 0 Å². The third-order valence-corrected chi connectivity index (χ3v) is 4.44. The van der Waals surface area contributed by atoms with E-state index >= 15 is 0 Å². The van der Waals surface area contributed by atoms with E-state index in [9.17, 15) is 4.79 Å². The lowest BCUT2D eigenvalue weighted by Crippen LogP contribution is -2.01. The van der Waals surface area contributed by atoms with Gasteiger partial charge in [-0.2, -0.15) is 0 Å². The highest BCUT2D eigenvalue weighted by atomic mass is 32.1. The Morgan fingerprint density at radius 1 is 1.05 bits per heavy atom. The maximum Gasteiger partial charge on any atom is 0.194 e. The van der Waals surface area contributed by atoms with Crippen molar-refractivity contribution in [3.8, 4) is 5.75 Å². The van der Waals surface area contributed by atoms with Crippen molar-refractivity contribution in [3.05, 3.63) is 64.5 Å². The van der Waals surface area contributed by atoms with E-state index in [4.69, 9.17) is 4.74 Å². The normalized spacial score (nSPS) is 10.7. The molecule has 0 aliphatic heterocycles. The first-order valence-electron chi connectivity index (χ1n) is 6.37. The molecule has 0 fully saturated rings. The van der Waals surface area contributed by atoms with Crippen LogP contribution in [-0.4, -0.2) is 12.9 Å². The van der Waals surface area contributed by atoms with Crippen LogP contribution in [0.1, 0.15) is 20.8 Å². The number of thiophene rings is 1. The Hall–Kier alpha value is -2.13. The molecule has 0 saturated heterocycles. The predicted molar refractivity (Wildman–Crippen MR) is 83.0 cm³/mol. The van der Waals surface area contributed by atoms with Gasteiger partial charge >= 0.3 is 0 Å². The summed E-state index contributed by atoms with van der Waals surface area (Å²) in [7, 11) is 1.62. The number of ketones is 1. The molecule has 0 radical (unpaired) electrons. The first-order valence-corrected chi connectivity index (χ1v) is 7.19. The van der Waals surface area contributed by atoms with E-state index < -0.39 is 0 Å². The van der Waals surface area contributed by atoms with Crippen LogP contribution < -0.4 is 4.74 Å². The third-order valence-electron chi connectivity index (χ3n) is 3.35. The fraction of sp³-hybridized carbons (Fsp3) is 0.118. The maximum atomic E-state index is 12.7. The monoisotopic (exact) mass is 282 g/mol. The summed E-state index contributed by atoms with van der Waals surface area (Å²) in [5.41, 5.74) is 1.51. The number of ether oxygens (including phenoxy) is 1. The van der Waals surface area contributed by atoms with Crippen LogP contribution in [-0.2, 0) is 0 Å². The molecular formula is C17H14O2S. The summed E-state index contributed by atoms with van der Waals surface area (Å²) in [4.78, 5) is 13.8. The van der Waals surface area contributed by atoms with E-state index in [-0.39, 0.29) is 5.78 Å². The van der Waals surface area contributed by atoms with E-state index in [1.807, 2.05) is 49.4 Å². The number of fused-ring (bicyclic) bond motifs is 1. The number of methoxy groups -OCH3 is 1. The number of hydrogen-bond acceptors (Lipinski definition) is 3. The van der Waals surface area contributed by atoms with Gasteiger partial charge in [-0.3, -0.25) is 4.79 Å². The van der Waals surface area contributed by atoms with Crippen molar-refractivity contribution in [1.29, 1.82) is 0 Å². The Morgan fingerprint density at radius 3 is 2.45 bits per heavy atom. The number of benzene rings is 2. The lowest BCUT2D eigenvalue weighted by molar-refractivity contribution is 0.104. The van der Waals surface area contributed by atoms with Gasteiger partial charge in [-0.25, -0.2) is 0 Å². The van der Waals surface area contributed by atoms with E-state index in [1.165, 1.54) is 0 Å². The summed E-state index contributed by atoms with van der Waals surface area (Å²) in [6, 6.07) is 15.3. The second-order valence-electron chi connectivity index (χ2n) is 4.59. The predicted octanol–water partition coefficient (Wildman–Crippen LogP) is 4.45. The Balaban J connectivity index is 2.09. The maximum absolute atomic E-state index is 12.7. The number of aryl methyl sites for hydroxylation is 1. The molecule has 3 heteroatoms. The highest BCUT2D eigenvalue weighted by Gasteiger charge is 2.17. The zero-order valence-corrected chi connectivity index (χ0v) is 12.2. The highest BCUT2D eigenvalue weighted by Crippen LogP contribution is 2.32. The van der Waals surface area contributed by atoms with E-state index in [2.05, 4.69) is 6.07 Å². The average molecular weight is 282 g/mol. The van der Waals surface area contributed by atoms with Crippen molar-refractivity contribution in [2.45, 2.75) is 6.92 Å². The number of hydrogen-bond donors (Lipinski definition) is 0. The molecule has 2 nitrogen and oxygen atoms in total. The summed E-state index contributed by atoms with van der Waals surface area (Å²) in [5.74, 6) is 0.830. The zero-order chi connectivity index (χ0) is 14.1. The average Bonchev–Trinajstić information content (AvgIpc) is 2.82. The van der Waals surface area contributed by atoms with Gasteiger partial charge in [0, 0.05) is 26.1 Å². The molecule has 1 aromatic heterocycles. The largest absolute Gasteiger partial charge is 0.497 e. The molecule has 0 N–H and O–H groups in total. The lowest BCUT2D eigenvalue weighted by Gasteiger charge is -2.03. The number of carbonyl (C=O) groups excluding carboxylic acids is 1. The van der Waals surface area contributed by atoms with Gasteiger partial charge < -0.3 is 4.74 Å². The van der Waals surface area contributed by atoms with Crippen LogP contribution in [0.25, 0.3) is 10.1 Å². The molecular weight excluding hydrogens is 268 g/mol. The van der Waals surface area contributed by atoms with E-state index in [0.29, 0.717) is 5.56 Å². The van der Waals surface area contributed by atoms with Crippen LogP contribution in [0.5, 0.6) is 5.75 Å². The quantitative estimate of drug-likeness (QED) is 0.663. The molecule has 0 bridgehead atoms. The van der Waals surface area contributed by atoms with Gasteiger partial charge in [0.25, 0.3) is 0 Å². The first-order chi connectivity index (χ1) is 9.70. The molecule has 0 saturated carbocycles. The van der Waals surface area contributed by atoms with Gasteiger partial charge in [-0.1, -0.05) is 18.2 Å². The van der Waals surface area contributed by atoms with Crippen molar-refractivity contribution in [3.63, 3.8) is 0 Å². The van der Waals surface area contributed by atoms with Crippen molar-refractivity contribution in [2.24, 2.45) is 0 Å². The summed E-state index contributed by atoms with van der Waals surface area (Å²) >= 11 is 1.66. The van der Waals surface area contributed by atoms with Gasteiger partial charge in [-0.05, 0) is 37.3 Å². The first kappa shape index (κ1) is 12.9. The standard InChI is InChI=1S/C17H14O2S/c1-11-16(14-5-3-4-6-15(14)20-11)17(18)12-7-9-13(19-2)10-8-12/h3-10H,1-2H3. The van der Waals surface area contributed by atoms with Crippen molar-refractivity contribution in [1.82, 2.24) is 0 Å². The minimum atomic E-state index is 0.0719. The van der Waals surface area contributed by atoms with Crippen molar-refractivity contribution >= 4 is 27.2 Å². The molecule has 0 amide bonds. The third kappa shape index (κ3) is 2.10. The molecule has 0 atom stereocenters. The molecule has 0 aliphatic rings. The van der Waals surface area contributed by atoms with Crippen LogP contribution in [0, 0.1) is 6.92 Å². The molecule has 3 rings (SSSR count). The van der Waals surface area contributed by atoms with Crippen molar-refractivity contribution < 1.29 is 9.53 Å². The molecule has 2 aromatic carbocycles. The summed E-state index contributed by atoms with van der Waals surface area (Å²) in [6.07, 6.45) is 0. The zero-order valence-electron chi connectivity index (χ0n) is 11.3. The SMILES string of the molecule is COc1ccc(C(=O)c2c(C)sc3ccccc23)cc1. The van der Waals surface area contributed by atoms with E-state index in [1.54, 1.807) is 18.4 Å². The molecule has 0 spiro atoms. The molecule has 1 heterocycles. The van der Waals surface area contributed by atoms with Crippen LogP contribution in [0.15, 0.2) is 48.5 Å². The van der Waals surface area contributed by atoms with Gasteiger partial charge in [-0.15, -0.1) is 11.3 Å². The van der Waals surface area contributed by atoms with Gasteiger partial charge in [0.2, 0.25) is 0 Å². The summed E-state index contributed by atoms with van der Waals surface area (Å²) in [6.45, 7) is 2.00. The fourth-order valence-corrected chi connectivity index (χ4v) is 3.40. The molecule has 0 unspecified atom stereocenters. The highest BCUT2D eigenvalue weighted by molar-refractivity contribution is 7.19. The topological polar surface area (TPSA) is 26.3 Å². The second-order valence-corrected chi connectivity index (χ2v) is 5.84. The van der Waals surface area contributed by atoms with Crippen LogP contribution in [0.2, 0.25) is 0 Å². The van der Waals surface area contributed by atoms with Crippen molar-refractivity contribution in [2.75, 3.05) is 7.11 Å². The van der Waals surface area contributed by atoms with E-state index in [0.717, 1.165) is 26.3 Å². The smallest absolute Gasteiger partial charge is 0.194 e. The summed E-state index contributed by atoms with van der Waals surface area (Å²) < 4.78 is 6.28. The Bertz CT molecular complexity index is 769. The molecule has 20 heavy (non-hydrogen) atoms. The Kier molecular flexibility index (Phi) is 3.28.